The maximum absolute atomic E-state index is 13.1. The molecular formula is C22H20N4OS. The van der Waals surface area contributed by atoms with E-state index < -0.39 is 0 Å². The van der Waals surface area contributed by atoms with Gasteiger partial charge in [-0.05, 0) is 29.8 Å². The first kappa shape index (κ1) is 18.0. The van der Waals surface area contributed by atoms with Crippen molar-refractivity contribution in [3.63, 3.8) is 0 Å². The zero-order chi connectivity index (χ0) is 19.3. The van der Waals surface area contributed by atoms with E-state index in [0.29, 0.717) is 24.4 Å². The highest BCUT2D eigenvalue weighted by Crippen LogP contribution is 2.33. The van der Waals surface area contributed by atoms with E-state index in [4.69, 9.17) is 5.26 Å². The normalized spacial score (nSPS) is 10.7. The van der Waals surface area contributed by atoms with E-state index in [1.165, 1.54) is 11.3 Å². The van der Waals surface area contributed by atoms with Crippen LogP contribution in [0, 0.1) is 11.3 Å². The van der Waals surface area contributed by atoms with Crippen LogP contribution in [-0.4, -0.2) is 27.3 Å². The van der Waals surface area contributed by atoms with Crippen LogP contribution in [0.1, 0.15) is 23.1 Å². The minimum atomic E-state index is -0.0466. The number of nitriles is 1. The second-order valence-corrected chi connectivity index (χ2v) is 7.47. The van der Waals surface area contributed by atoms with Crippen LogP contribution in [0.2, 0.25) is 0 Å². The van der Waals surface area contributed by atoms with E-state index in [-0.39, 0.29) is 7.33 Å². The molecule has 0 radical (unpaired) electrons. The number of aromatic nitrogens is 2. The average molecular weight is 388 g/mol. The third kappa shape index (κ3) is 3.66. The molecule has 0 fully saturated rings. The summed E-state index contributed by atoms with van der Waals surface area (Å²) in [7, 11) is 0. The standard InChI is InChI=1S/C22H18N4OS.H2/c23-11-4-14-26(15-16-5-2-1-3-6-16)22(27)20-8-7-19(28-20)17-9-12-24-21-18(17)10-13-25-21;/h1-3,5-10,12-13H,4,14-15H2,(H,24,25);1H. The number of carbonyl (C=O) groups excluding carboxylic acids is 1. The van der Waals surface area contributed by atoms with Crippen LogP contribution in [0.3, 0.4) is 0 Å². The highest BCUT2D eigenvalue weighted by Gasteiger charge is 2.19. The van der Waals surface area contributed by atoms with E-state index in [2.05, 4.69) is 16.0 Å². The van der Waals surface area contributed by atoms with Gasteiger partial charge in [0.2, 0.25) is 0 Å². The van der Waals surface area contributed by atoms with Crippen molar-refractivity contribution in [1.29, 1.82) is 5.26 Å². The number of rotatable bonds is 6. The van der Waals surface area contributed by atoms with Gasteiger partial charge in [-0.15, -0.1) is 11.3 Å². The number of nitrogens with one attached hydrogen (secondary N) is 1. The van der Waals surface area contributed by atoms with E-state index in [1.54, 1.807) is 11.1 Å². The predicted octanol–water partition coefficient (Wildman–Crippen LogP) is 5.09. The predicted molar refractivity (Wildman–Crippen MR) is 113 cm³/mol. The van der Waals surface area contributed by atoms with Crippen molar-refractivity contribution in [3.8, 4) is 16.5 Å². The van der Waals surface area contributed by atoms with Crippen LogP contribution in [0.15, 0.2) is 67.0 Å². The molecule has 28 heavy (non-hydrogen) atoms. The molecule has 4 aromatic rings. The lowest BCUT2D eigenvalue weighted by Crippen LogP contribution is -2.30. The average Bonchev–Trinajstić information content (AvgIpc) is 3.40. The minimum absolute atomic E-state index is 0. The van der Waals surface area contributed by atoms with Crippen LogP contribution < -0.4 is 0 Å². The van der Waals surface area contributed by atoms with Gasteiger partial charge >= 0.3 is 0 Å². The van der Waals surface area contributed by atoms with Crippen molar-refractivity contribution < 1.29 is 6.22 Å². The number of amides is 1. The number of nitrogens with zero attached hydrogens (tertiary/aromatic N) is 3. The molecule has 3 heterocycles. The van der Waals surface area contributed by atoms with Gasteiger partial charge in [0.1, 0.15) is 5.65 Å². The van der Waals surface area contributed by atoms with Gasteiger partial charge in [-0.2, -0.15) is 5.26 Å². The lowest BCUT2D eigenvalue weighted by atomic mass is 10.1. The number of aromatic amines is 1. The van der Waals surface area contributed by atoms with Crippen molar-refractivity contribution in [2.75, 3.05) is 6.54 Å². The van der Waals surface area contributed by atoms with E-state index in [9.17, 15) is 4.79 Å². The Morgan fingerprint density at radius 1 is 1.18 bits per heavy atom. The van der Waals surface area contributed by atoms with Gasteiger partial charge < -0.3 is 9.88 Å². The smallest absolute Gasteiger partial charge is 0.264 e. The summed E-state index contributed by atoms with van der Waals surface area (Å²) in [5, 5.41) is 10.0. The molecule has 1 amide bonds. The molecular weight excluding hydrogens is 368 g/mol. The molecule has 0 spiro atoms. The molecule has 0 aliphatic heterocycles. The highest BCUT2D eigenvalue weighted by atomic mass is 32.1. The summed E-state index contributed by atoms with van der Waals surface area (Å²) in [4.78, 5) is 24.0. The van der Waals surface area contributed by atoms with Gasteiger partial charge in [0.05, 0.1) is 17.4 Å². The van der Waals surface area contributed by atoms with Gasteiger partial charge in [0.15, 0.2) is 0 Å². The Balaban J connectivity index is 0.00000240. The van der Waals surface area contributed by atoms with Crippen molar-refractivity contribution in [1.82, 2.24) is 14.9 Å². The molecule has 5 nitrogen and oxygen atoms in total. The largest absolute Gasteiger partial charge is 0.346 e. The lowest BCUT2D eigenvalue weighted by Gasteiger charge is -2.21. The van der Waals surface area contributed by atoms with Crippen LogP contribution in [0.25, 0.3) is 21.5 Å². The Hall–Kier alpha value is -3.43. The molecule has 1 aromatic carbocycles. The monoisotopic (exact) mass is 388 g/mol. The first-order chi connectivity index (χ1) is 13.8. The minimum Gasteiger partial charge on any atom is -0.346 e. The fourth-order valence-corrected chi connectivity index (χ4v) is 4.18. The SMILES string of the molecule is N#CCCN(Cc1ccccc1)C(=O)c1ccc(-c2ccnc3[nH]ccc23)s1.[HH]. The third-order valence-corrected chi connectivity index (χ3v) is 5.65. The zero-order valence-corrected chi connectivity index (χ0v) is 15.9. The molecule has 4 rings (SSSR count). The first-order valence-electron chi connectivity index (χ1n) is 8.99. The number of thiophene rings is 1. The van der Waals surface area contributed by atoms with Crippen LogP contribution >= 0.6 is 11.3 Å². The Kier molecular flexibility index (Phi) is 5.18. The molecule has 0 saturated heterocycles. The van der Waals surface area contributed by atoms with Crippen molar-refractivity contribution in [3.05, 3.63) is 77.4 Å². The summed E-state index contributed by atoms with van der Waals surface area (Å²) < 4.78 is 0. The molecule has 0 atom stereocenters. The van der Waals surface area contributed by atoms with Gasteiger partial charge in [-0.1, -0.05) is 30.3 Å². The maximum atomic E-state index is 13.1. The fraction of sp³-hybridized carbons (Fsp3) is 0.136. The van der Waals surface area contributed by atoms with Crippen LogP contribution in [0.4, 0.5) is 0 Å². The first-order valence-corrected chi connectivity index (χ1v) is 9.80. The zero-order valence-electron chi connectivity index (χ0n) is 15.1. The van der Waals surface area contributed by atoms with Crippen molar-refractivity contribution in [2.24, 2.45) is 0 Å². The summed E-state index contributed by atoms with van der Waals surface area (Å²) >= 11 is 1.47. The molecule has 0 saturated carbocycles. The number of hydrogen-bond acceptors (Lipinski definition) is 4. The molecule has 1 N–H and O–H groups in total. The number of H-pyrrole nitrogens is 1. The summed E-state index contributed by atoms with van der Waals surface area (Å²) in [5.41, 5.74) is 2.94. The van der Waals surface area contributed by atoms with Gasteiger partial charge in [-0.25, -0.2) is 4.98 Å². The Morgan fingerprint density at radius 2 is 2.04 bits per heavy atom. The summed E-state index contributed by atoms with van der Waals surface area (Å²) in [6.45, 7) is 0.903. The Bertz CT molecular complexity index is 1150. The van der Waals surface area contributed by atoms with E-state index >= 15 is 0 Å². The summed E-state index contributed by atoms with van der Waals surface area (Å²) in [5.74, 6) is -0.0466. The second-order valence-electron chi connectivity index (χ2n) is 6.38. The summed E-state index contributed by atoms with van der Waals surface area (Å²) in [6, 6.07) is 19.8. The quantitative estimate of drug-likeness (QED) is 0.500. The van der Waals surface area contributed by atoms with E-state index in [1.807, 2.05) is 60.8 Å². The maximum Gasteiger partial charge on any atom is 0.264 e. The van der Waals surface area contributed by atoms with Crippen molar-refractivity contribution in [2.45, 2.75) is 13.0 Å². The van der Waals surface area contributed by atoms with Gasteiger partial charge in [-0.3, -0.25) is 4.79 Å². The molecule has 0 unspecified atom stereocenters. The Morgan fingerprint density at radius 3 is 2.86 bits per heavy atom. The van der Waals surface area contributed by atoms with Crippen LogP contribution in [-0.2, 0) is 6.54 Å². The molecule has 140 valence electrons. The number of pyridine rings is 1. The van der Waals surface area contributed by atoms with Crippen molar-refractivity contribution >= 4 is 28.3 Å². The van der Waals surface area contributed by atoms with Crippen LogP contribution in [0.5, 0.6) is 0 Å². The molecule has 0 aliphatic carbocycles. The number of carbonyl (C=O) groups is 1. The lowest BCUT2D eigenvalue weighted by molar-refractivity contribution is 0.0752. The van der Waals surface area contributed by atoms with E-state index in [0.717, 1.165) is 27.0 Å². The number of benzene rings is 1. The number of fused-ring (bicyclic) bond motifs is 1. The topological polar surface area (TPSA) is 72.8 Å². The summed E-state index contributed by atoms with van der Waals surface area (Å²) in [6.07, 6.45) is 3.94. The third-order valence-electron chi connectivity index (χ3n) is 4.54. The second kappa shape index (κ2) is 8.07. The molecule has 0 bridgehead atoms. The molecule has 0 aliphatic rings. The fourth-order valence-electron chi connectivity index (χ4n) is 3.17. The van der Waals surface area contributed by atoms with Gasteiger partial charge in [0, 0.05) is 42.7 Å². The number of hydrogen-bond donors (Lipinski definition) is 1. The molecule has 6 heteroatoms. The molecule has 3 aromatic heterocycles. The highest BCUT2D eigenvalue weighted by molar-refractivity contribution is 7.17. The van der Waals surface area contributed by atoms with Gasteiger partial charge in [0.25, 0.3) is 5.91 Å². The Labute approximate surface area is 168 Å².